The SMILES string of the molecule is CCOC(=O)C(C)(CCCCOCCC1CC1)NC. The maximum absolute atomic E-state index is 11.8. The molecule has 0 radical (unpaired) electrons. The lowest BCUT2D eigenvalue weighted by Crippen LogP contribution is -2.48. The minimum Gasteiger partial charge on any atom is -0.465 e. The Hall–Kier alpha value is -0.610. The van der Waals surface area contributed by atoms with Crippen molar-refractivity contribution in [1.29, 1.82) is 0 Å². The molecule has 1 saturated carbocycles. The Labute approximate surface area is 117 Å². The van der Waals surface area contributed by atoms with Crippen LogP contribution in [0.1, 0.15) is 52.4 Å². The summed E-state index contributed by atoms with van der Waals surface area (Å²) < 4.78 is 10.7. The van der Waals surface area contributed by atoms with Gasteiger partial charge in [0.15, 0.2) is 0 Å². The molecule has 1 unspecified atom stereocenters. The fourth-order valence-electron chi connectivity index (χ4n) is 2.06. The van der Waals surface area contributed by atoms with E-state index >= 15 is 0 Å². The highest BCUT2D eigenvalue weighted by Crippen LogP contribution is 2.32. The number of hydrogen-bond acceptors (Lipinski definition) is 4. The van der Waals surface area contributed by atoms with Crippen molar-refractivity contribution in [3.05, 3.63) is 0 Å². The van der Waals surface area contributed by atoms with Crippen molar-refractivity contribution < 1.29 is 14.3 Å². The number of likely N-dealkylation sites (N-methyl/N-ethyl adjacent to an activating group) is 1. The molecule has 1 atom stereocenters. The molecule has 4 nitrogen and oxygen atoms in total. The molecule has 4 heteroatoms. The predicted octanol–water partition coefficient (Wildman–Crippen LogP) is 2.51. The Bertz CT molecular complexity index is 266. The Morgan fingerprint density at radius 3 is 2.63 bits per heavy atom. The van der Waals surface area contributed by atoms with Crippen LogP contribution in [-0.4, -0.2) is 38.4 Å². The summed E-state index contributed by atoms with van der Waals surface area (Å²) in [6, 6.07) is 0. The Balaban J connectivity index is 2.05. The van der Waals surface area contributed by atoms with Crippen molar-refractivity contribution >= 4 is 5.97 Å². The van der Waals surface area contributed by atoms with E-state index in [1.807, 2.05) is 20.9 Å². The minimum atomic E-state index is -0.565. The Morgan fingerprint density at radius 1 is 1.32 bits per heavy atom. The van der Waals surface area contributed by atoms with E-state index in [1.165, 1.54) is 19.3 Å². The van der Waals surface area contributed by atoms with Crippen LogP contribution in [0.2, 0.25) is 0 Å². The molecular weight excluding hydrogens is 242 g/mol. The molecule has 112 valence electrons. The summed E-state index contributed by atoms with van der Waals surface area (Å²) in [5.74, 6) is 0.781. The van der Waals surface area contributed by atoms with Crippen molar-refractivity contribution in [1.82, 2.24) is 5.32 Å². The number of rotatable bonds is 11. The third kappa shape index (κ3) is 6.39. The van der Waals surface area contributed by atoms with E-state index in [1.54, 1.807) is 0 Å². The first kappa shape index (κ1) is 16.4. The first-order valence-electron chi connectivity index (χ1n) is 7.56. The topological polar surface area (TPSA) is 47.6 Å². The van der Waals surface area contributed by atoms with Crippen LogP contribution in [0, 0.1) is 5.92 Å². The van der Waals surface area contributed by atoms with Gasteiger partial charge in [-0.05, 0) is 52.5 Å². The molecule has 1 aliphatic rings. The summed E-state index contributed by atoms with van der Waals surface area (Å²) in [6.07, 6.45) is 6.76. The molecule has 0 amide bonds. The van der Waals surface area contributed by atoms with Gasteiger partial charge in [-0.2, -0.15) is 0 Å². The quantitative estimate of drug-likeness (QED) is 0.463. The second-order valence-corrected chi connectivity index (χ2v) is 5.60. The molecule has 1 rings (SSSR count). The second kappa shape index (κ2) is 8.54. The van der Waals surface area contributed by atoms with Crippen LogP contribution >= 0.6 is 0 Å². The first-order valence-corrected chi connectivity index (χ1v) is 7.56. The van der Waals surface area contributed by atoms with Gasteiger partial charge in [0, 0.05) is 13.2 Å². The smallest absolute Gasteiger partial charge is 0.326 e. The van der Waals surface area contributed by atoms with Crippen molar-refractivity contribution in [2.75, 3.05) is 26.9 Å². The van der Waals surface area contributed by atoms with Crippen molar-refractivity contribution in [3.8, 4) is 0 Å². The van der Waals surface area contributed by atoms with Crippen LogP contribution in [0.5, 0.6) is 0 Å². The number of unbranched alkanes of at least 4 members (excludes halogenated alkanes) is 1. The third-order valence-corrected chi connectivity index (χ3v) is 3.86. The lowest BCUT2D eigenvalue weighted by atomic mass is 9.95. The number of carbonyl (C=O) groups is 1. The molecule has 0 aromatic heterocycles. The van der Waals surface area contributed by atoms with Gasteiger partial charge < -0.3 is 14.8 Å². The van der Waals surface area contributed by atoms with Gasteiger partial charge in [0.25, 0.3) is 0 Å². The van der Waals surface area contributed by atoms with Crippen LogP contribution in [0.15, 0.2) is 0 Å². The maximum atomic E-state index is 11.8. The lowest BCUT2D eigenvalue weighted by Gasteiger charge is -2.26. The van der Waals surface area contributed by atoms with Gasteiger partial charge in [-0.25, -0.2) is 0 Å². The summed E-state index contributed by atoms with van der Waals surface area (Å²) >= 11 is 0. The van der Waals surface area contributed by atoms with E-state index in [0.29, 0.717) is 6.61 Å². The van der Waals surface area contributed by atoms with E-state index in [-0.39, 0.29) is 5.97 Å². The van der Waals surface area contributed by atoms with Crippen LogP contribution in [0.25, 0.3) is 0 Å². The van der Waals surface area contributed by atoms with Crippen LogP contribution < -0.4 is 5.32 Å². The van der Waals surface area contributed by atoms with Crippen molar-refractivity contribution in [3.63, 3.8) is 0 Å². The fraction of sp³-hybridized carbons (Fsp3) is 0.933. The molecule has 0 aromatic carbocycles. The van der Waals surface area contributed by atoms with Gasteiger partial charge >= 0.3 is 5.97 Å². The Morgan fingerprint density at radius 2 is 2.05 bits per heavy atom. The van der Waals surface area contributed by atoms with Crippen molar-refractivity contribution in [2.45, 2.75) is 57.9 Å². The summed E-state index contributed by atoms with van der Waals surface area (Å²) in [5.41, 5.74) is -0.565. The number of hydrogen-bond donors (Lipinski definition) is 1. The molecule has 0 saturated heterocycles. The van der Waals surface area contributed by atoms with E-state index < -0.39 is 5.54 Å². The summed E-state index contributed by atoms with van der Waals surface area (Å²) in [4.78, 5) is 11.8. The third-order valence-electron chi connectivity index (χ3n) is 3.86. The first-order chi connectivity index (χ1) is 9.12. The normalized spacial score (nSPS) is 18.1. The van der Waals surface area contributed by atoms with Crippen molar-refractivity contribution in [2.24, 2.45) is 5.92 Å². The zero-order valence-electron chi connectivity index (χ0n) is 12.7. The predicted molar refractivity (Wildman–Crippen MR) is 76.1 cm³/mol. The molecule has 1 N–H and O–H groups in total. The number of esters is 1. The highest BCUT2D eigenvalue weighted by Gasteiger charge is 2.32. The lowest BCUT2D eigenvalue weighted by molar-refractivity contribution is -0.150. The average Bonchev–Trinajstić information content (AvgIpc) is 3.21. The Kier molecular flexibility index (Phi) is 7.39. The molecule has 19 heavy (non-hydrogen) atoms. The van der Waals surface area contributed by atoms with E-state index in [4.69, 9.17) is 9.47 Å². The molecule has 0 spiro atoms. The monoisotopic (exact) mass is 271 g/mol. The molecule has 1 fully saturated rings. The number of carbonyl (C=O) groups excluding carboxylic acids is 1. The molecule has 0 heterocycles. The van der Waals surface area contributed by atoms with Crippen LogP contribution in [0.4, 0.5) is 0 Å². The molecule has 0 aromatic rings. The minimum absolute atomic E-state index is 0.160. The standard InChI is InChI=1S/C15H29NO3/c1-4-19-14(17)15(2,16-3)10-5-6-11-18-12-9-13-7-8-13/h13,16H,4-12H2,1-3H3. The summed E-state index contributed by atoms with van der Waals surface area (Å²) in [7, 11) is 1.81. The fourth-order valence-corrected chi connectivity index (χ4v) is 2.06. The van der Waals surface area contributed by atoms with E-state index in [2.05, 4.69) is 5.32 Å². The highest BCUT2D eigenvalue weighted by atomic mass is 16.5. The summed E-state index contributed by atoms with van der Waals surface area (Å²) in [5, 5.41) is 3.07. The average molecular weight is 271 g/mol. The van der Waals surface area contributed by atoms with Gasteiger partial charge in [-0.15, -0.1) is 0 Å². The molecule has 0 aliphatic heterocycles. The van der Waals surface area contributed by atoms with Gasteiger partial charge in [0.1, 0.15) is 5.54 Å². The maximum Gasteiger partial charge on any atom is 0.326 e. The van der Waals surface area contributed by atoms with Gasteiger partial charge in [0.2, 0.25) is 0 Å². The zero-order chi connectivity index (χ0) is 14.1. The van der Waals surface area contributed by atoms with E-state index in [9.17, 15) is 4.79 Å². The largest absolute Gasteiger partial charge is 0.465 e. The van der Waals surface area contributed by atoms with Gasteiger partial charge in [-0.1, -0.05) is 12.8 Å². The molecule has 0 bridgehead atoms. The van der Waals surface area contributed by atoms with E-state index in [0.717, 1.165) is 38.4 Å². The molecule has 1 aliphatic carbocycles. The van der Waals surface area contributed by atoms with Crippen LogP contribution in [0.3, 0.4) is 0 Å². The number of ether oxygens (including phenoxy) is 2. The van der Waals surface area contributed by atoms with Crippen LogP contribution in [-0.2, 0) is 14.3 Å². The van der Waals surface area contributed by atoms with Gasteiger partial charge in [-0.3, -0.25) is 4.79 Å². The summed E-state index contributed by atoms with van der Waals surface area (Å²) in [6.45, 7) is 5.86. The second-order valence-electron chi connectivity index (χ2n) is 5.60. The van der Waals surface area contributed by atoms with Gasteiger partial charge in [0.05, 0.1) is 6.61 Å². The molecular formula is C15H29NO3. The highest BCUT2D eigenvalue weighted by molar-refractivity contribution is 5.80. The zero-order valence-corrected chi connectivity index (χ0v) is 12.7. The number of nitrogens with one attached hydrogen (secondary N) is 1.